The second kappa shape index (κ2) is 15.4. The third kappa shape index (κ3) is 9.54. The van der Waals surface area contributed by atoms with Crippen LogP contribution in [0.4, 0.5) is 0 Å². The van der Waals surface area contributed by atoms with Gasteiger partial charge in [0.15, 0.2) is 0 Å². The number of aliphatic hydroxyl groups excluding tert-OH is 3. The van der Waals surface area contributed by atoms with Crippen molar-refractivity contribution in [3.8, 4) is 0 Å². The summed E-state index contributed by atoms with van der Waals surface area (Å²) in [5.74, 6) is 0. The zero-order valence-corrected chi connectivity index (χ0v) is 18.8. The van der Waals surface area contributed by atoms with Crippen LogP contribution in [0, 0.1) is 16.2 Å². The predicted molar refractivity (Wildman–Crippen MR) is 108 cm³/mol. The molecule has 0 aliphatic rings. The van der Waals surface area contributed by atoms with Crippen molar-refractivity contribution in [2.24, 2.45) is 16.2 Å². The second-order valence-corrected chi connectivity index (χ2v) is 8.05. The van der Waals surface area contributed by atoms with E-state index in [1.165, 1.54) is 0 Å². The van der Waals surface area contributed by atoms with Gasteiger partial charge in [-0.25, -0.2) is 0 Å². The molecular formula is C20H42O9. The van der Waals surface area contributed by atoms with Crippen molar-refractivity contribution in [3.63, 3.8) is 0 Å². The molecule has 0 unspecified atom stereocenters. The lowest BCUT2D eigenvalue weighted by Gasteiger charge is -2.36. The largest absolute Gasteiger partial charge is 0.396 e. The van der Waals surface area contributed by atoms with Gasteiger partial charge in [-0.3, -0.25) is 0 Å². The van der Waals surface area contributed by atoms with Gasteiger partial charge in [-0.2, -0.15) is 0 Å². The van der Waals surface area contributed by atoms with E-state index >= 15 is 0 Å². The fraction of sp³-hybridized carbons (Fsp3) is 1.00. The maximum absolute atomic E-state index is 9.83. The summed E-state index contributed by atoms with van der Waals surface area (Å²) >= 11 is 0. The lowest BCUT2D eigenvalue weighted by molar-refractivity contribution is -0.134. The van der Waals surface area contributed by atoms with Crippen molar-refractivity contribution in [3.05, 3.63) is 0 Å². The van der Waals surface area contributed by atoms with E-state index in [2.05, 4.69) is 0 Å². The molecule has 176 valence electrons. The molecule has 0 radical (unpaired) electrons. The Labute approximate surface area is 175 Å². The number of ether oxygens (including phenoxy) is 6. The molecule has 29 heavy (non-hydrogen) atoms. The van der Waals surface area contributed by atoms with Crippen molar-refractivity contribution >= 4 is 0 Å². The van der Waals surface area contributed by atoms with Gasteiger partial charge in [0.05, 0.1) is 83.5 Å². The fourth-order valence-corrected chi connectivity index (χ4v) is 3.17. The Hall–Kier alpha value is -0.360. The van der Waals surface area contributed by atoms with Crippen LogP contribution in [0.1, 0.15) is 13.3 Å². The first-order valence-corrected chi connectivity index (χ1v) is 9.84. The molecule has 0 spiro atoms. The van der Waals surface area contributed by atoms with Crippen LogP contribution in [0.15, 0.2) is 0 Å². The van der Waals surface area contributed by atoms with Crippen LogP contribution in [-0.2, 0) is 28.4 Å². The molecule has 0 aliphatic carbocycles. The lowest BCUT2D eigenvalue weighted by atomic mass is 9.87. The van der Waals surface area contributed by atoms with E-state index in [1.807, 2.05) is 6.92 Å². The Kier molecular flexibility index (Phi) is 15.3. The predicted octanol–water partition coefficient (Wildman–Crippen LogP) is -0.0487. The van der Waals surface area contributed by atoms with E-state index in [0.29, 0.717) is 32.8 Å². The van der Waals surface area contributed by atoms with Crippen LogP contribution in [0.5, 0.6) is 0 Å². The smallest absolute Gasteiger partial charge is 0.0637 e. The summed E-state index contributed by atoms with van der Waals surface area (Å²) in [5, 5.41) is 29.0. The monoisotopic (exact) mass is 426 g/mol. The minimum Gasteiger partial charge on any atom is -0.396 e. The van der Waals surface area contributed by atoms with Crippen LogP contribution in [0.25, 0.3) is 0 Å². The number of rotatable bonds is 20. The molecule has 0 saturated carbocycles. The van der Waals surface area contributed by atoms with Crippen LogP contribution in [0.3, 0.4) is 0 Å². The van der Waals surface area contributed by atoms with E-state index < -0.39 is 16.2 Å². The van der Waals surface area contributed by atoms with Gasteiger partial charge in [0.2, 0.25) is 0 Å². The van der Waals surface area contributed by atoms with Crippen LogP contribution in [-0.4, -0.2) is 116 Å². The molecule has 0 amide bonds. The maximum atomic E-state index is 9.83. The van der Waals surface area contributed by atoms with Crippen LogP contribution in [0.2, 0.25) is 0 Å². The Balaban J connectivity index is 5.10. The number of hydrogen-bond acceptors (Lipinski definition) is 9. The molecule has 0 heterocycles. The average molecular weight is 427 g/mol. The topological polar surface area (TPSA) is 116 Å². The van der Waals surface area contributed by atoms with Gasteiger partial charge in [-0.05, 0) is 6.42 Å². The highest BCUT2D eigenvalue weighted by atomic mass is 16.5. The van der Waals surface area contributed by atoms with Crippen molar-refractivity contribution < 1.29 is 43.7 Å². The highest BCUT2D eigenvalue weighted by molar-refractivity contribution is 4.83. The summed E-state index contributed by atoms with van der Waals surface area (Å²) < 4.78 is 33.1. The molecule has 0 fully saturated rings. The van der Waals surface area contributed by atoms with Crippen molar-refractivity contribution in [1.29, 1.82) is 0 Å². The summed E-state index contributed by atoms with van der Waals surface area (Å²) in [6, 6.07) is 0. The summed E-state index contributed by atoms with van der Waals surface area (Å²) in [6.45, 7) is 3.65. The van der Waals surface area contributed by atoms with E-state index in [4.69, 9.17) is 28.4 Å². The molecule has 0 aliphatic heterocycles. The summed E-state index contributed by atoms with van der Waals surface area (Å²) in [6.07, 6.45) is 0.588. The molecule has 0 atom stereocenters. The van der Waals surface area contributed by atoms with Gasteiger partial charge in [-0.1, -0.05) is 6.92 Å². The van der Waals surface area contributed by atoms with E-state index in [0.717, 1.165) is 0 Å². The Morgan fingerprint density at radius 3 is 1.10 bits per heavy atom. The SMILES string of the molecule is CCC(CO)(CO)COCC(COC)(COC)COCC(CO)(COC)COC. The lowest BCUT2D eigenvalue weighted by Crippen LogP contribution is -2.45. The minimum atomic E-state index is -0.685. The molecule has 0 aromatic rings. The van der Waals surface area contributed by atoms with Gasteiger partial charge >= 0.3 is 0 Å². The van der Waals surface area contributed by atoms with Gasteiger partial charge in [0.1, 0.15) is 0 Å². The molecule has 0 saturated heterocycles. The summed E-state index contributed by atoms with van der Waals surface area (Å²) in [4.78, 5) is 0. The molecule has 0 bridgehead atoms. The molecular weight excluding hydrogens is 384 g/mol. The molecule has 0 aromatic heterocycles. The Morgan fingerprint density at radius 1 is 0.483 bits per heavy atom. The van der Waals surface area contributed by atoms with Crippen LogP contribution >= 0.6 is 0 Å². The molecule has 3 N–H and O–H groups in total. The number of aliphatic hydroxyl groups is 3. The molecule has 0 aromatic carbocycles. The van der Waals surface area contributed by atoms with Crippen LogP contribution < -0.4 is 0 Å². The zero-order valence-electron chi connectivity index (χ0n) is 18.8. The van der Waals surface area contributed by atoms with E-state index in [9.17, 15) is 15.3 Å². The van der Waals surface area contributed by atoms with Crippen molar-refractivity contribution in [2.45, 2.75) is 13.3 Å². The molecule has 0 rings (SSSR count). The normalized spacial score (nSPS) is 13.2. The van der Waals surface area contributed by atoms with E-state index in [1.54, 1.807) is 28.4 Å². The zero-order chi connectivity index (χ0) is 22.2. The summed E-state index contributed by atoms with van der Waals surface area (Å²) in [7, 11) is 6.32. The number of hydrogen-bond donors (Lipinski definition) is 3. The van der Waals surface area contributed by atoms with Gasteiger partial charge < -0.3 is 43.7 Å². The second-order valence-electron chi connectivity index (χ2n) is 8.05. The highest BCUT2D eigenvalue weighted by Gasteiger charge is 2.36. The standard InChI is InChI=1S/C20H42O9/c1-6-18(7-21,8-22)14-28-16-20(12-26-4,13-27-5)17-29-15-19(9-23,10-24-2)11-25-3/h21-23H,6-17H2,1-5H3. The van der Waals surface area contributed by atoms with Gasteiger partial charge in [0, 0.05) is 33.9 Å². The third-order valence-electron chi connectivity index (χ3n) is 5.19. The highest BCUT2D eigenvalue weighted by Crippen LogP contribution is 2.26. The first kappa shape index (κ1) is 28.6. The third-order valence-corrected chi connectivity index (χ3v) is 5.19. The number of methoxy groups -OCH3 is 4. The minimum absolute atomic E-state index is 0.140. The fourth-order valence-electron chi connectivity index (χ4n) is 3.17. The first-order chi connectivity index (χ1) is 13.9. The van der Waals surface area contributed by atoms with Crippen molar-refractivity contribution in [2.75, 3.05) is 101 Å². The van der Waals surface area contributed by atoms with Gasteiger partial charge in [0.25, 0.3) is 0 Å². The summed E-state index contributed by atoms with van der Waals surface area (Å²) in [5.41, 5.74) is -1.94. The molecule has 9 nitrogen and oxygen atoms in total. The van der Waals surface area contributed by atoms with Crippen molar-refractivity contribution in [1.82, 2.24) is 0 Å². The Bertz CT molecular complexity index is 368. The molecule has 9 heteroatoms. The van der Waals surface area contributed by atoms with Gasteiger partial charge in [-0.15, -0.1) is 0 Å². The van der Waals surface area contributed by atoms with E-state index in [-0.39, 0.29) is 46.2 Å². The average Bonchev–Trinajstić information content (AvgIpc) is 2.72. The quantitative estimate of drug-likeness (QED) is 0.246. The Morgan fingerprint density at radius 2 is 0.793 bits per heavy atom. The first-order valence-electron chi connectivity index (χ1n) is 9.84. The maximum Gasteiger partial charge on any atom is 0.0637 e.